The van der Waals surface area contributed by atoms with Gasteiger partial charge in [-0.15, -0.1) is 0 Å². The van der Waals surface area contributed by atoms with Gasteiger partial charge in [0.1, 0.15) is 0 Å². The molecule has 0 radical (unpaired) electrons. The molecule has 0 spiro atoms. The van der Waals surface area contributed by atoms with Crippen LogP contribution in [-0.4, -0.2) is 22.3 Å². The van der Waals surface area contributed by atoms with Crippen LogP contribution in [0.4, 0.5) is 0 Å². The van der Waals surface area contributed by atoms with Gasteiger partial charge in [-0.05, 0) is 12.5 Å². The van der Waals surface area contributed by atoms with Gasteiger partial charge in [0.15, 0.2) is 0 Å². The number of aliphatic hydroxyl groups is 1. The van der Waals surface area contributed by atoms with Crippen LogP contribution in [0.5, 0.6) is 0 Å². The zero-order chi connectivity index (χ0) is 9.40. The molecule has 12 heavy (non-hydrogen) atoms. The largest absolute Gasteiger partial charge is 0.478 e. The van der Waals surface area contributed by atoms with E-state index in [1.807, 2.05) is 0 Å². The van der Waals surface area contributed by atoms with Crippen LogP contribution in [0.2, 0.25) is 0 Å². The molecule has 70 valence electrons. The van der Waals surface area contributed by atoms with E-state index >= 15 is 0 Å². The number of hydrogen-bond donors (Lipinski definition) is 2. The molecular formula is C9H16O3. The van der Waals surface area contributed by atoms with Crippen LogP contribution < -0.4 is 0 Å². The van der Waals surface area contributed by atoms with Crippen molar-refractivity contribution in [3.05, 3.63) is 12.2 Å². The third-order valence-corrected chi connectivity index (χ3v) is 1.56. The number of aliphatic carboxylic acids is 1. The van der Waals surface area contributed by atoms with Crippen LogP contribution in [-0.2, 0) is 4.79 Å². The number of carboxylic acid groups (broad SMARTS) is 1. The highest BCUT2D eigenvalue weighted by Crippen LogP contribution is 2.03. The Hall–Kier alpha value is -0.830. The van der Waals surface area contributed by atoms with Crippen molar-refractivity contribution >= 4 is 5.97 Å². The molecule has 0 aromatic heterocycles. The van der Waals surface area contributed by atoms with Crippen molar-refractivity contribution in [1.29, 1.82) is 0 Å². The predicted molar refractivity (Wildman–Crippen MR) is 46.9 cm³/mol. The molecule has 0 heterocycles. The molecule has 0 amide bonds. The number of hydrogen-bond acceptors (Lipinski definition) is 2. The summed E-state index contributed by atoms with van der Waals surface area (Å²) < 4.78 is 0. The fourth-order valence-corrected chi connectivity index (χ4v) is 0.893. The standard InChI is InChI=1S/C9H16O3/c1-2-3-4-5-8(10)6-7-9(11)12/h6-8,10H,2-5H2,1H3,(H,11,12)/t8-/m0/s1. The summed E-state index contributed by atoms with van der Waals surface area (Å²) in [7, 11) is 0. The third-order valence-electron chi connectivity index (χ3n) is 1.56. The molecule has 0 unspecified atom stereocenters. The molecule has 0 aromatic carbocycles. The molecule has 0 bridgehead atoms. The van der Waals surface area contributed by atoms with Crippen LogP contribution in [0.15, 0.2) is 12.2 Å². The van der Waals surface area contributed by atoms with Crippen molar-refractivity contribution < 1.29 is 15.0 Å². The average molecular weight is 172 g/mol. The highest BCUT2D eigenvalue weighted by atomic mass is 16.4. The molecule has 0 aliphatic heterocycles. The summed E-state index contributed by atoms with van der Waals surface area (Å²) in [5, 5.41) is 17.4. The minimum atomic E-state index is -1.01. The minimum absolute atomic E-state index is 0.604. The number of aliphatic hydroxyl groups excluding tert-OH is 1. The second-order valence-corrected chi connectivity index (χ2v) is 2.76. The first-order chi connectivity index (χ1) is 5.66. The Labute approximate surface area is 72.7 Å². The Balaban J connectivity index is 3.45. The van der Waals surface area contributed by atoms with Crippen molar-refractivity contribution in [3.8, 4) is 0 Å². The lowest BCUT2D eigenvalue weighted by molar-refractivity contribution is -0.131. The Morgan fingerprint density at radius 1 is 1.50 bits per heavy atom. The molecule has 0 saturated carbocycles. The Morgan fingerprint density at radius 3 is 2.67 bits per heavy atom. The van der Waals surface area contributed by atoms with Gasteiger partial charge in [-0.3, -0.25) is 0 Å². The van der Waals surface area contributed by atoms with Crippen LogP contribution in [0, 0.1) is 0 Å². The van der Waals surface area contributed by atoms with Gasteiger partial charge in [0.25, 0.3) is 0 Å². The highest BCUT2D eigenvalue weighted by Gasteiger charge is 1.98. The van der Waals surface area contributed by atoms with E-state index in [-0.39, 0.29) is 0 Å². The van der Waals surface area contributed by atoms with Gasteiger partial charge in [-0.2, -0.15) is 0 Å². The topological polar surface area (TPSA) is 57.5 Å². The van der Waals surface area contributed by atoms with Gasteiger partial charge in [0.2, 0.25) is 0 Å². The monoisotopic (exact) mass is 172 g/mol. The maximum absolute atomic E-state index is 10.0. The van der Waals surface area contributed by atoms with Crippen LogP contribution in [0.3, 0.4) is 0 Å². The minimum Gasteiger partial charge on any atom is -0.478 e. The molecule has 0 aliphatic rings. The number of unbranched alkanes of at least 4 members (excludes halogenated alkanes) is 2. The maximum atomic E-state index is 10.0. The Kier molecular flexibility index (Phi) is 6.38. The van der Waals surface area contributed by atoms with E-state index in [1.54, 1.807) is 0 Å². The van der Waals surface area contributed by atoms with Crippen molar-refractivity contribution in [1.82, 2.24) is 0 Å². The third kappa shape index (κ3) is 7.28. The van der Waals surface area contributed by atoms with Gasteiger partial charge >= 0.3 is 5.97 Å². The Morgan fingerprint density at radius 2 is 2.17 bits per heavy atom. The smallest absolute Gasteiger partial charge is 0.328 e. The fraction of sp³-hybridized carbons (Fsp3) is 0.667. The highest BCUT2D eigenvalue weighted by molar-refractivity contribution is 5.79. The van der Waals surface area contributed by atoms with Crippen molar-refractivity contribution in [2.24, 2.45) is 0 Å². The molecule has 1 atom stereocenters. The number of carbonyl (C=O) groups is 1. The van der Waals surface area contributed by atoms with Gasteiger partial charge in [0, 0.05) is 6.08 Å². The van der Waals surface area contributed by atoms with Crippen molar-refractivity contribution in [2.45, 2.75) is 38.7 Å². The van der Waals surface area contributed by atoms with Gasteiger partial charge in [-0.1, -0.05) is 26.2 Å². The molecule has 2 N–H and O–H groups in total. The summed E-state index contributed by atoms with van der Waals surface area (Å²) >= 11 is 0. The summed E-state index contributed by atoms with van der Waals surface area (Å²) in [5.74, 6) is -1.01. The molecule has 0 aliphatic carbocycles. The van der Waals surface area contributed by atoms with E-state index in [2.05, 4.69) is 6.92 Å². The van der Waals surface area contributed by atoms with Crippen molar-refractivity contribution in [2.75, 3.05) is 0 Å². The van der Waals surface area contributed by atoms with E-state index in [9.17, 15) is 9.90 Å². The van der Waals surface area contributed by atoms with Gasteiger partial charge in [0.05, 0.1) is 6.10 Å². The number of rotatable bonds is 6. The zero-order valence-electron chi connectivity index (χ0n) is 7.36. The Bertz CT molecular complexity index is 152. The van der Waals surface area contributed by atoms with E-state index < -0.39 is 12.1 Å². The van der Waals surface area contributed by atoms with Crippen LogP contribution >= 0.6 is 0 Å². The summed E-state index contributed by atoms with van der Waals surface area (Å²) in [6, 6.07) is 0. The normalized spacial score (nSPS) is 13.5. The van der Waals surface area contributed by atoms with Gasteiger partial charge < -0.3 is 10.2 Å². The fourth-order valence-electron chi connectivity index (χ4n) is 0.893. The molecule has 0 aromatic rings. The summed E-state index contributed by atoms with van der Waals surface area (Å²) in [6.45, 7) is 2.08. The summed E-state index contributed by atoms with van der Waals surface area (Å²) in [6.07, 6.45) is 5.48. The second kappa shape index (κ2) is 6.85. The first-order valence-electron chi connectivity index (χ1n) is 4.26. The molecule has 0 fully saturated rings. The second-order valence-electron chi connectivity index (χ2n) is 2.76. The molecular weight excluding hydrogens is 156 g/mol. The first kappa shape index (κ1) is 11.2. The molecule has 0 rings (SSSR count). The lowest BCUT2D eigenvalue weighted by Crippen LogP contribution is -2.02. The lowest BCUT2D eigenvalue weighted by Gasteiger charge is -2.02. The van der Waals surface area contributed by atoms with Gasteiger partial charge in [-0.25, -0.2) is 4.79 Å². The lowest BCUT2D eigenvalue weighted by atomic mass is 10.1. The van der Waals surface area contributed by atoms with Crippen LogP contribution in [0.1, 0.15) is 32.6 Å². The van der Waals surface area contributed by atoms with E-state index in [4.69, 9.17) is 5.11 Å². The molecule has 3 nitrogen and oxygen atoms in total. The molecule has 0 saturated heterocycles. The quantitative estimate of drug-likeness (QED) is 0.472. The van der Waals surface area contributed by atoms with E-state index in [0.717, 1.165) is 25.3 Å². The zero-order valence-corrected chi connectivity index (χ0v) is 7.36. The summed E-state index contributed by atoms with van der Waals surface area (Å²) in [4.78, 5) is 10.0. The predicted octanol–water partition coefficient (Wildman–Crippen LogP) is 1.57. The van der Waals surface area contributed by atoms with E-state index in [1.165, 1.54) is 6.08 Å². The number of carboxylic acids is 1. The first-order valence-corrected chi connectivity index (χ1v) is 4.26. The summed E-state index contributed by atoms with van der Waals surface area (Å²) in [5.41, 5.74) is 0. The average Bonchev–Trinajstić information content (AvgIpc) is 2.01. The van der Waals surface area contributed by atoms with E-state index in [0.29, 0.717) is 6.42 Å². The van der Waals surface area contributed by atoms with Crippen LogP contribution in [0.25, 0.3) is 0 Å². The SMILES string of the molecule is CCCCC[C@H](O)C=CC(=O)O. The van der Waals surface area contributed by atoms with Crippen molar-refractivity contribution in [3.63, 3.8) is 0 Å². The maximum Gasteiger partial charge on any atom is 0.328 e. The molecule has 3 heteroatoms.